The number of carbonyl (C=O) groups excluding carboxylic acids is 3. The number of carbonyl (C=O) groups is 3. The Morgan fingerprint density at radius 2 is 1.70 bits per heavy atom. The summed E-state index contributed by atoms with van der Waals surface area (Å²) >= 11 is 0. The van der Waals surface area contributed by atoms with Crippen LogP contribution < -0.4 is 15.8 Å². The molecule has 1 amide bonds. The van der Waals surface area contributed by atoms with Gasteiger partial charge in [0.05, 0.1) is 13.2 Å². The van der Waals surface area contributed by atoms with Crippen LogP contribution in [0, 0.1) is 0 Å². The molecule has 0 spiro atoms. The zero-order valence-corrected chi connectivity index (χ0v) is 16.8. The highest BCUT2D eigenvalue weighted by molar-refractivity contribution is 5.97. The average molecular weight is 414 g/mol. The SMILES string of the molecule is CCOC(=O)C(CCNC(=O)OCc1ccccc1)Oc1ccc(C(=O)CN)cc1. The van der Waals surface area contributed by atoms with Gasteiger partial charge in [0.15, 0.2) is 11.9 Å². The van der Waals surface area contributed by atoms with Crippen molar-refractivity contribution >= 4 is 17.8 Å². The molecule has 8 nitrogen and oxygen atoms in total. The molecule has 1 atom stereocenters. The zero-order valence-electron chi connectivity index (χ0n) is 16.8. The van der Waals surface area contributed by atoms with E-state index >= 15 is 0 Å². The summed E-state index contributed by atoms with van der Waals surface area (Å²) in [5, 5.41) is 2.59. The Labute approximate surface area is 175 Å². The number of esters is 1. The van der Waals surface area contributed by atoms with E-state index in [2.05, 4.69) is 5.32 Å². The number of ether oxygens (including phenoxy) is 3. The van der Waals surface area contributed by atoms with E-state index in [1.807, 2.05) is 30.3 Å². The third kappa shape index (κ3) is 7.56. The molecule has 2 rings (SSSR count). The van der Waals surface area contributed by atoms with E-state index in [0.29, 0.717) is 11.3 Å². The summed E-state index contributed by atoms with van der Waals surface area (Å²) in [6, 6.07) is 15.6. The summed E-state index contributed by atoms with van der Waals surface area (Å²) in [5.74, 6) is -0.339. The topological polar surface area (TPSA) is 117 Å². The van der Waals surface area contributed by atoms with Gasteiger partial charge in [-0.05, 0) is 36.8 Å². The molecule has 3 N–H and O–H groups in total. The first-order chi connectivity index (χ1) is 14.5. The molecule has 0 saturated carbocycles. The summed E-state index contributed by atoms with van der Waals surface area (Å²) in [6.07, 6.45) is -1.33. The van der Waals surface area contributed by atoms with Crippen LogP contribution in [-0.2, 0) is 20.9 Å². The van der Waals surface area contributed by atoms with Crippen molar-refractivity contribution in [2.75, 3.05) is 19.7 Å². The van der Waals surface area contributed by atoms with Gasteiger partial charge in [-0.15, -0.1) is 0 Å². The van der Waals surface area contributed by atoms with Crippen molar-refractivity contribution in [1.82, 2.24) is 5.32 Å². The monoisotopic (exact) mass is 414 g/mol. The lowest BCUT2D eigenvalue weighted by Crippen LogP contribution is -2.35. The van der Waals surface area contributed by atoms with Crippen LogP contribution >= 0.6 is 0 Å². The number of hydrogen-bond acceptors (Lipinski definition) is 7. The summed E-state index contributed by atoms with van der Waals surface area (Å²) in [4.78, 5) is 35.6. The Bertz CT molecular complexity index is 823. The van der Waals surface area contributed by atoms with Crippen LogP contribution in [0.4, 0.5) is 4.79 Å². The Balaban J connectivity index is 1.86. The van der Waals surface area contributed by atoms with Crippen molar-refractivity contribution in [1.29, 1.82) is 0 Å². The fraction of sp³-hybridized carbons (Fsp3) is 0.318. The van der Waals surface area contributed by atoms with Crippen molar-refractivity contribution < 1.29 is 28.6 Å². The minimum absolute atomic E-state index is 0.0856. The third-order valence-corrected chi connectivity index (χ3v) is 4.08. The van der Waals surface area contributed by atoms with E-state index in [-0.39, 0.29) is 38.5 Å². The molecule has 30 heavy (non-hydrogen) atoms. The highest BCUT2D eigenvalue weighted by Gasteiger charge is 2.22. The molecule has 0 fully saturated rings. The second-order valence-electron chi connectivity index (χ2n) is 6.29. The van der Waals surface area contributed by atoms with Crippen molar-refractivity contribution in [2.45, 2.75) is 26.1 Å². The number of ketones is 1. The van der Waals surface area contributed by atoms with Gasteiger partial charge < -0.3 is 25.3 Å². The Morgan fingerprint density at radius 3 is 2.33 bits per heavy atom. The second kappa shape index (κ2) is 12.2. The number of rotatable bonds is 11. The molecule has 2 aromatic rings. The first-order valence-electron chi connectivity index (χ1n) is 9.64. The molecule has 8 heteroatoms. The molecule has 1 unspecified atom stereocenters. The number of alkyl carbamates (subject to hydrolysis) is 1. The smallest absolute Gasteiger partial charge is 0.407 e. The number of nitrogens with one attached hydrogen (secondary N) is 1. The molecule has 0 aromatic heterocycles. The van der Waals surface area contributed by atoms with E-state index in [9.17, 15) is 14.4 Å². The van der Waals surface area contributed by atoms with Gasteiger partial charge in [0.2, 0.25) is 0 Å². The fourth-order valence-corrected chi connectivity index (χ4v) is 2.54. The summed E-state index contributed by atoms with van der Waals surface area (Å²) in [7, 11) is 0. The van der Waals surface area contributed by atoms with Gasteiger partial charge >= 0.3 is 12.1 Å². The van der Waals surface area contributed by atoms with Crippen molar-refractivity contribution in [3.63, 3.8) is 0 Å². The van der Waals surface area contributed by atoms with Gasteiger partial charge in [-0.1, -0.05) is 30.3 Å². The maximum absolute atomic E-state index is 12.2. The molecule has 0 aliphatic rings. The van der Waals surface area contributed by atoms with Gasteiger partial charge in [0.25, 0.3) is 0 Å². The van der Waals surface area contributed by atoms with Crippen LogP contribution in [0.15, 0.2) is 54.6 Å². The van der Waals surface area contributed by atoms with Crippen LogP contribution in [-0.4, -0.2) is 43.6 Å². The normalized spacial score (nSPS) is 11.3. The summed E-state index contributed by atoms with van der Waals surface area (Å²) in [5.41, 5.74) is 6.67. The number of Topliss-reactive ketones (excluding diaryl/α,β-unsaturated/α-hetero) is 1. The molecule has 160 valence electrons. The molecule has 0 radical (unpaired) electrons. The van der Waals surface area contributed by atoms with Gasteiger partial charge in [-0.3, -0.25) is 4.79 Å². The number of nitrogens with two attached hydrogens (primary N) is 1. The minimum Gasteiger partial charge on any atom is -0.479 e. The molecular formula is C22H26N2O6. The quantitative estimate of drug-likeness (QED) is 0.428. The van der Waals surface area contributed by atoms with Gasteiger partial charge in [0, 0.05) is 18.5 Å². The first-order valence-corrected chi connectivity index (χ1v) is 9.64. The van der Waals surface area contributed by atoms with Crippen molar-refractivity contribution in [3.8, 4) is 5.75 Å². The van der Waals surface area contributed by atoms with E-state index in [1.165, 1.54) is 0 Å². The zero-order chi connectivity index (χ0) is 21.8. The Morgan fingerprint density at radius 1 is 1.00 bits per heavy atom. The third-order valence-electron chi connectivity index (χ3n) is 4.08. The van der Waals surface area contributed by atoms with Crippen LogP contribution in [0.5, 0.6) is 5.75 Å². The molecule has 0 aliphatic carbocycles. The Kier molecular flexibility index (Phi) is 9.33. The lowest BCUT2D eigenvalue weighted by Gasteiger charge is -2.18. The minimum atomic E-state index is -0.921. The van der Waals surface area contributed by atoms with Gasteiger partial charge in [-0.2, -0.15) is 0 Å². The van der Waals surface area contributed by atoms with Crippen LogP contribution in [0.3, 0.4) is 0 Å². The highest BCUT2D eigenvalue weighted by Crippen LogP contribution is 2.16. The van der Waals surface area contributed by atoms with Crippen LogP contribution in [0.25, 0.3) is 0 Å². The summed E-state index contributed by atoms with van der Waals surface area (Å²) in [6.45, 7) is 2.12. The van der Waals surface area contributed by atoms with Crippen molar-refractivity contribution in [2.24, 2.45) is 5.73 Å². The van der Waals surface area contributed by atoms with Gasteiger partial charge in [-0.25, -0.2) is 9.59 Å². The lowest BCUT2D eigenvalue weighted by atomic mass is 10.1. The molecule has 2 aromatic carbocycles. The van der Waals surface area contributed by atoms with E-state index in [0.717, 1.165) is 5.56 Å². The standard InChI is InChI=1S/C22H26N2O6/c1-2-28-21(26)20(30-18-10-8-17(9-11-18)19(25)14-23)12-13-24-22(27)29-15-16-6-4-3-5-7-16/h3-11,20H,2,12-15,23H2,1H3,(H,24,27). The van der Waals surface area contributed by atoms with Crippen molar-refractivity contribution in [3.05, 3.63) is 65.7 Å². The average Bonchev–Trinajstić information content (AvgIpc) is 2.77. The highest BCUT2D eigenvalue weighted by atomic mass is 16.6. The number of amides is 1. The van der Waals surface area contributed by atoms with E-state index < -0.39 is 18.2 Å². The molecule has 0 saturated heterocycles. The summed E-state index contributed by atoms with van der Waals surface area (Å²) < 4.78 is 15.9. The molecule has 0 heterocycles. The van der Waals surface area contributed by atoms with E-state index in [4.69, 9.17) is 19.9 Å². The second-order valence-corrected chi connectivity index (χ2v) is 6.29. The predicted octanol–water partition coefficient (Wildman–Crippen LogP) is 2.46. The molecular weight excluding hydrogens is 388 g/mol. The molecule has 0 aliphatic heterocycles. The largest absolute Gasteiger partial charge is 0.479 e. The maximum atomic E-state index is 12.2. The maximum Gasteiger partial charge on any atom is 0.407 e. The van der Waals surface area contributed by atoms with Crippen LogP contribution in [0.1, 0.15) is 29.3 Å². The van der Waals surface area contributed by atoms with E-state index in [1.54, 1.807) is 31.2 Å². The fourth-order valence-electron chi connectivity index (χ4n) is 2.54. The van der Waals surface area contributed by atoms with Crippen LogP contribution in [0.2, 0.25) is 0 Å². The van der Waals surface area contributed by atoms with Gasteiger partial charge in [0.1, 0.15) is 12.4 Å². The molecule has 0 bridgehead atoms. The number of benzene rings is 2. The predicted molar refractivity (Wildman–Crippen MR) is 110 cm³/mol. The lowest BCUT2D eigenvalue weighted by molar-refractivity contribution is -0.151. The number of hydrogen-bond donors (Lipinski definition) is 2. The Hall–Kier alpha value is -3.39. The first kappa shape index (κ1) is 22.9.